The van der Waals surface area contributed by atoms with Gasteiger partial charge in [0.15, 0.2) is 0 Å². The Kier molecular flexibility index (Phi) is 4.96. The van der Waals surface area contributed by atoms with Gasteiger partial charge < -0.3 is 15.3 Å². The lowest BCUT2D eigenvalue weighted by atomic mass is 9.86. The maximum Gasteiger partial charge on any atom is 0.317 e. The molecule has 0 radical (unpaired) electrons. The number of rotatable bonds is 3. The van der Waals surface area contributed by atoms with E-state index in [4.69, 9.17) is 5.11 Å². The van der Waals surface area contributed by atoms with E-state index in [1.54, 1.807) is 0 Å². The van der Waals surface area contributed by atoms with Crippen LogP contribution in [0.3, 0.4) is 0 Å². The largest absolute Gasteiger partial charge is 0.481 e. The second-order valence-electron chi connectivity index (χ2n) is 5.46. The second-order valence-corrected chi connectivity index (χ2v) is 6.61. The number of carbonyl (C=O) groups is 2. The van der Waals surface area contributed by atoms with E-state index in [-0.39, 0.29) is 18.0 Å². The van der Waals surface area contributed by atoms with Crippen molar-refractivity contribution in [2.45, 2.75) is 44.2 Å². The second kappa shape index (κ2) is 6.50. The molecule has 19 heavy (non-hydrogen) atoms. The van der Waals surface area contributed by atoms with Crippen LogP contribution in [0.1, 0.15) is 32.1 Å². The van der Waals surface area contributed by atoms with Crippen molar-refractivity contribution in [1.82, 2.24) is 10.2 Å². The monoisotopic (exact) mass is 286 g/mol. The fraction of sp³-hybridized carbons (Fsp3) is 0.846. The van der Waals surface area contributed by atoms with E-state index >= 15 is 0 Å². The van der Waals surface area contributed by atoms with E-state index in [1.807, 2.05) is 23.7 Å². The van der Waals surface area contributed by atoms with Crippen LogP contribution in [-0.2, 0) is 4.79 Å². The van der Waals surface area contributed by atoms with Gasteiger partial charge in [-0.1, -0.05) is 0 Å². The molecular formula is C13H22N2O3S. The number of nitrogens with zero attached hydrogens (tertiary/aromatic N) is 1. The fourth-order valence-corrected chi connectivity index (χ4v) is 4.02. The Morgan fingerprint density at radius 2 is 1.89 bits per heavy atom. The van der Waals surface area contributed by atoms with Gasteiger partial charge in [0.1, 0.15) is 0 Å². The molecule has 0 aromatic rings. The molecule has 0 aromatic heterocycles. The van der Waals surface area contributed by atoms with Crippen LogP contribution >= 0.6 is 11.8 Å². The Morgan fingerprint density at radius 3 is 2.42 bits per heavy atom. The van der Waals surface area contributed by atoms with Crippen LogP contribution in [0.25, 0.3) is 0 Å². The van der Waals surface area contributed by atoms with Gasteiger partial charge in [-0.3, -0.25) is 4.79 Å². The first-order valence-corrected chi connectivity index (χ1v) is 8.07. The molecule has 2 rings (SSSR count). The van der Waals surface area contributed by atoms with E-state index < -0.39 is 5.97 Å². The molecule has 5 nitrogen and oxygen atoms in total. The summed E-state index contributed by atoms with van der Waals surface area (Å²) in [6.45, 7) is 0. The molecule has 1 atom stereocenters. The third-order valence-electron chi connectivity index (χ3n) is 4.18. The van der Waals surface area contributed by atoms with Crippen molar-refractivity contribution in [3.05, 3.63) is 0 Å². The molecule has 1 saturated heterocycles. The third-order valence-corrected chi connectivity index (χ3v) is 5.32. The van der Waals surface area contributed by atoms with E-state index in [9.17, 15) is 9.59 Å². The Bertz CT molecular complexity index is 337. The van der Waals surface area contributed by atoms with Crippen molar-refractivity contribution < 1.29 is 14.7 Å². The van der Waals surface area contributed by atoms with Gasteiger partial charge in [0, 0.05) is 24.9 Å². The number of amides is 2. The summed E-state index contributed by atoms with van der Waals surface area (Å²) in [6, 6.07) is 0.478. The lowest BCUT2D eigenvalue weighted by Gasteiger charge is -2.30. The lowest BCUT2D eigenvalue weighted by Crippen LogP contribution is -2.48. The Hall–Kier alpha value is -0.910. The van der Waals surface area contributed by atoms with Crippen LogP contribution < -0.4 is 5.32 Å². The molecule has 0 bridgehead atoms. The minimum Gasteiger partial charge on any atom is -0.481 e. The molecule has 6 heteroatoms. The van der Waals surface area contributed by atoms with Crippen molar-refractivity contribution >= 4 is 23.8 Å². The van der Waals surface area contributed by atoms with Gasteiger partial charge in [0.05, 0.1) is 5.92 Å². The SMILES string of the molecule is CN(C(=O)NC1CCC(C(=O)O)CC1)C1CCSC1. The highest BCUT2D eigenvalue weighted by Crippen LogP contribution is 2.25. The van der Waals surface area contributed by atoms with Crippen molar-refractivity contribution in [3.63, 3.8) is 0 Å². The average Bonchev–Trinajstić information content (AvgIpc) is 2.92. The summed E-state index contributed by atoms with van der Waals surface area (Å²) in [6.07, 6.45) is 3.96. The summed E-state index contributed by atoms with van der Waals surface area (Å²) in [5.41, 5.74) is 0. The number of nitrogens with one attached hydrogen (secondary N) is 1. The van der Waals surface area contributed by atoms with E-state index in [2.05, 4.69) is 5.32 Å². The molecule has 1 saturated carbocycles. The van der Waals surface area contributed by atoms with Crippen LogP contribution in [0.5, 0.6) is 0 Å². The summed E-state index contributed by atoms with van der Waals surface area (Å²) in [5, 5.41) is 12.0. The van der Waals surface area contributed by atoms with E-state index in [1.165, 1.54) is 0 Å². The van der Waals surface area contributed by atoms with Crippen LogP contribution in [0.2, 0.25) is 0 Å². The predicted molar refractivity (Wildman–Crippen MR) is 75.4 cm³/mol. The molecule has 2 N–H and O–H groups in total. The zero-order valence-corrected chi connectivity index (χ0v) is 12.1. The van der Waals surface area contributed by atoms with Crippen molar-refractivity contribution in [2.75, 3.05) is 18.6 Å². The minimum absolute atomic E-state index is 0.00808. The van der Waals surface area contributed by atoms with Crippen molar-refractivity contribution in [1.29, 1.82) is 0 Å². The van der Waals surface area contributed by atoms with E-state index in [0.29, 0.717) is 18.9 Å². The molecule has 1 heterocycles. The molecule has 1 aliphatic carbocycles. The maximum absolute atomic E-state index is 12.1. The zero-order valence-electron chi connectivity index (χ0n) is 11.3. The molecule has 0 spiro atoms. The van der Waals surface area contributed by atoms with Crippen molar-refractivity contribution in [3.8, 4) is 0 Å². The summed E-state index contributed by atoms with van der Waals surface area (Å²) in [7, 11) is 1.86. The average molecular weight is 286 g/mol. The Balaban J connectivity index is 1.75. The first-order valence-electron chi connectivity index (χ1n) is 6.92. The molecule has 1 aliphatic heterocycles. The molecule has 1 unspecified atom stereocenters. The van der Waals surface area contributed by atoms with Gasteiger partial charge in [0.25, 0.3) is 0 Å². The summed E-state index contributed by atoms with van der Waals surface area (Å²) < 4.78 is 0. The molecule has 2 aliphatic rings. The third kappa shape index (κ3) is 3.78. The van der Waals surface area contributed by atoms with Gasteiger partial charge in [-0.2, -0.15) is 11.8 Å². The molecular weight excluding hydrogens is 264 g/mol. The smallest absolute Gasteiger partial charge is 0.317 e. The highest BCUT2D eigenvalue weighted by atomic mass is 32.2. The number of hydrogen-bond donors (Lipinski definition) is 2. The number of urea groups is 1. The number of carboxylic acid groups (broad SMARTS) is 1. The van der Waals surface area contributed by atoms with Crippen LogP contribution in [0.4, 0.5) is 4.79 Å². The van der Waals surface area contributed by atoms with Crippen LogP contribution in [-0.4, -0.2) is 52.6 Å². The fourth-order valence-electron chi connectivity index (χ4n) is 2.75. The van der Waals surface area contributed by atoms with Crippen LogP contribution in [0, 0.1) is 5.92 Å². The van der Waals surface area contributed by atoms with Gasteiger partial charge in [0.2, 0.25) is 0 Å². The molecule has 0 aromatic carbocycles. The van der Waals surface area contributed by atoms with Crippen LogP contribution in [0.15, 0.2) is 0 Å². The minimum atomic E-state index is -0.704. The lowest BCUT2D eigenvalue weighted by molar-refractivity contribution is -0.142. The molecule has 108 valence electrons. The summed E-state index contributed by atoms with van der Waals surface area (Å²) in [5.74, 6) is 1.23. The Morgan fingerprint density at radius 1 is 1.21 bits per heavy atom. The Labute approximate surface area is 118 Å². The normalized spacial score (nSPS) is 30.9. The molecule has 2 amide bonds. The maximum atomic E-state index is 12.1. The summed E-state index contributed by atoms with van der Waals surface area (Å²) >= 11 is 1.89. The predicted octanol–water partition coefficient (Wildman–Crippen LogP) is 1.78. The van der Waals surface area contributed by atoms with Gasteiger partial charge in [-0.25, -0.2) is 4.79 Å². The van der Waals surface area contributed by atoms with E-state index in [0.717, 1.165) is 30.8 Å². The quantitative estimate of drug-likeness (QED) is 0.829. The van der Waals surface area contributed by atoms with Crippen molar-refractivity contribution in [2.24, 2.45) is 5.92 Å². The van der Waals surface area contributed by atoms with Gasteiger partial charge in [-0.15, -0.1) is 0 Å². The first-order chi connectivity index (χ1) is 9.08. The number of thioether (sulfide) groups is 1. The number of carbonyl (C=O) groups excluding carboxylic acids is 1. The highest BCUT2D eigenvalue weighted by Gasteiger charge is 2.29. The number of carboxylic acids is 1. The topological polar surface area (TPSA) is 69.6 Å². The van der Waals surface area contributed by atoms with Gasteiger partial charge in [-0.05, 0) is 37.9 Å². The number of hydrogen-bond acceptors (Lipinski definition) is 3. The first kappa shape index (κ1) is 14.5. The highest BCUT2D eigenvalue weighted by molar-refractivity contribution is 7.99. The molecule has 2 fully saturated rings. The summed E-state index contributed by atoms with van der Waals surface area (Å²) in [4.78, 5) is 24.8. The van der Waals surface area contributed by atoms with Gasteiger partial charge >= 0.3 is 12.0 Å². The number of aliphatic carboxylic acids is 1. The standard InChI is InChI=1S/C13H22N2O3S/c1-15(11-6-7-19-8-11)13(18)14-10-4-2-9(3-5-10)12(16)17/h9-11H,2-8H2,1H3,(H,14,18)(H,16,17). The zero-order chi connectivity index (χ0) is 13.8.